The molecule has 3 aromatic carbocycles. The molecule has 2 fully saturated rings. The van der Waals surface area contributed by atoms with Crippen LogP contribution in [0.25, 0.3) is 0 Å². The van der Waals surface area contributed by atoms with Gasteiger partial charge < -0.3 is 25.6 Å². The number of nitrogens with two attached hydrogens (primary N) is 1. The maximum Gasteiger partial charge on any atom is 0.409 e. The third kappa shape index (κ3) is 7.10. The van der Waals surface area contributed by atoms with E-state index in [1.54, 1.807) is 23.2 Å². The van der Waals surface area contributed by atoms with Gasteiger partial charge in [-0.05, 0) is 29.3 Å². The first kappa shape index (κ1) is 31.1. The minimum atomic E-state index is -1.07. The van der Waals surface area contributed by atoms with Crippen molar-refractivity contribution in [3.05, 3.63) is 114 Å². The average molecular weight is 619 g/mol. The van der Waals surface area contributed by atoms with Crippen LogP contribution in [0, 0.1) is 11.6 Å². The highest BCUT2D eigenvalue weighted by atomic mass is 19.1. The van der Waals surface area contributed by atoms with Gasteiger partial charge in [0.2, 0.25) is 11.8 Å². The number of benzene rings is 3. The molecule has 0 aromatic heterocycles. The fourth-order valence-electron chi connectivity index (χ4n) is 5.59. The predicted octanol–water partition coefficient (Wildman–Crippen LogP) is 3.16. The van der Waals surface area contributed by atoms with E-state index in [1.165, 1.54) is 33.0 Å². The summed E-state index contributed by atoms with van der Waals surface area (Å²) in [5.74, 6) is -2.23. The smallest absolute Gasteiger partial charge is 0.409 e. The summed E-state index contributed by atoms with van der Waals surface area (Å²) in [6, 6.07) is 17.1. The van der Waals surface area contributed by atoms with Crippen LogP contribution in [-0.4, -0.2) is 75.6 Å². The van der Waals surface area contributed by atoms with E-state index in [9.17, 15) is 28.0 Å². The molecule has 0 unspecified atom stereocenters. The average Bonchev–Trinajstić information content (AvgIpc) is 3.00. The van der Waals surface area contributed by atoms with Crippen molar-refractivity contribution in [2.45, 2.75) is 31.7 Å². The van der Waals surface area contributed by atoms with Crippen LogP contribution in [0.4, 0.5) is 18.4 Å². The van der Waals surface area contributed by atoms with Gasteiger partial charge in [-0.3, -0.25) is 9.59 Å². The lowest BCUT2D eigenvalue weighted by Gasteiger charge is -2.55. The Morgan fingerprint density at radius 2 is 1.76 bits per heavy atom. The zero-order valence-electron chi connectivity index (χ0n) is 24.3. The lowest BCUT2D eigenvalue weighted by molar-refractivity contribution is -0.189. The van der Waals surface area contributed by atoms with Crippen molar-refractivity contribution in [1.82, 2.24) is 25.1 Å². The monoisotopic (exact) mass is 618 g/mol. The molecular weight excluding hydrogens is 586 g/mol. The highest BCUT2D eigenvalue weighted by Crippen LogP contribution is 2.30. The van der Waals surface area contributed by atoms with E-state index in [0.717, 1.165) is 17.7 Å². The van der Waals surface area contributed by atoms with Crippen LogP contribution >= 0.6 is 0 Å². The number of nitrogens with zero attached hydrogens (tertiary/aromatic N) is 4. The lowest BCUT2D eigenvalue weighted by Crippen LogP contribution is -2.76. The van der Waals surface area contributed by atoms with E-state index in [0.29, 0.717) is 5.56 Å². The van der Waals surface area contributed by atoms with Crippen LogP contribution in [0.5, 0.6) is 5.75 Å². The van der Waals surface area contributed by atoms with Gasteiger partial charge in [-0.2, -0.15) is 0 Å². The second-order valence-corrected chi connectivity index (χ2v) is 10.6. The summed E-state index contributed by atoms with van der Waals surface area (Å²) in [7, 11) is 0. The molecule has 2 saturated heterocycles. The number of carbonyl (C=O) groups is 4. The molecule has 5 rings (SSSR count). The number of carbonyl (C=O) groups excluding carboxylic acids is 4. The molecule has 2 aliphatic heterocycles. The van der Waals surface area contributed by atoms with E-state index < -0.39 is 41.9 Å². The van der Waals surface area contributed by atoms with Crippen LogP contribution < -0.4 is 15.8 Å². The normalized spacial score (nSPS) is 18.4. The number of ether oxygens (including phenoxy) is 1. The van der Waals surface area contributed by atoms with Crippen LogP contribution in [0.3, 0.4) is 0 Å². The van der Waals surface area contributed by atoms with Gasteiger partial charge in [0.05, 0.1) is 13.1 Å². The number of fused-ring (bicyclic) bond motifs is 1. The molecule has 3 aromatic rings. The summed E-state index contributed by atoms with van der Waals surface area (Å²) in [6.45, 7) is 3.61. The molecule has 0 saturated carbocycles. The van der Waals surface area contributed by atoms with Crippen molar-refractivity contribution < 1.29 is 32.7 Å². The summed E-state index contributed by atoms with van der Waals surface area (Å²) < 4.78 is 33.3. The van der Waals surface area contributed by atoms with Gasteiger partial charge in [-0.15, -0.1) is 6.58 Å². The van der Waals surface area contributed by atoms with Gasteiger partial charge in [0, 0.05) is 37.7 Å². The highest BCUT2D eigenvalue weighted by Gasteiger charge is 2.51. The second kappa shape index (κ2) is 13.6. The van der Waals surface area contributed by atoms with Crippen LogP contribution in [0.15, 0.2) is 85.5 Å². The van der Waals surface area contributed by atoms with E-state index in [1.807, 2.05) is 30.3 Å². The fourth-order valence-corrected chi connectivity index (χ4v) is 5.59. The first-order chi connectivity index (χ1) is 21.6. The van der Waals surface area contributed by atoms with Crippen molar-refractivity contribution in [1.29, 1.82) is 0 Å². The first-order valence-corrected chi connectivity index (χ1v) is 14.2. The van der Waals surface area contributed by atoms with Crippen LogP contribution in [0.2, 0.25) is 0 Å². The minimum Gasteiger partial charge on any atom is -0.411 e. The van der Waals surface area contributed by atoms with Gasteiger partial charge in [-0.25, -0.2) is 28.4 Å². The molecule has 0 spiro atoms. The molecule has 5 amide bonds. The third-order valence-corrected chi connectivity index (χ3v) is 7.61. The Bertz CT molecular complexity index is 1590. The molecule has 2 heterocycles. The van der Waals surface area contributed by atoms with Crippen LogP contribution in [0.1, 0.15) is 16.7 Å². The SMILES string of the molecule is C=CCN1CC(=O)N2[C@@H](Cc3ccc(OC(N)=O)cc3)C(=O)N(Cc3ccc(F)cc3F)C[C@@H]2N1C(=O)NCc1ccccc1. The first-order valence-electron chi connectivity index (χ1n) is 14.2. The molecule has 234 valence electrons. The number of hydrazine groups is 1. The summed E-state index contributed by atoms with van der Waals surface area (Å²) >= 11 is 0. The third-order valence-electron chi connectivity index (χ3n) is 7.61. The summed E-state index contributed by atoms with van der Waals surface area (Å²) in [6.07, 6.45) is -0.329. The number of primary amides is 1. The minimum absolute atomic E-state index is 0.0429. The van der Waals surface area contributed by atoms with Crippen LogP contribution in [-0.2, 0) is 29.1 Å². The number of nitrogens with one attached hydrogen (secondary N) is 1. The largest absolute Gasteiger partial charge is 0.411 e. The zero-order valence-corrected chi connectivity index (χ0v) is 24.3. The van der Waals surface area contributed by atoms with Crippen molar-refractivity contribution in [3.8, 4) is 5.75 Å². The van der Waals surface area contributed by atoms with E-state index in [4.69, 9.17) is 10.5 Å². The van der Waals surface area contributed by atoms with Gasteiger partial charge in [0.15, 0.2) is 0 Å². The number of urea groups is 1. The summed E-state index contributed by atoms with van der Waals surface area (Å²) in [5, 5.41) is 5.86. The van der Waals surface area contributed by atoms with Gasteiger partial charge >= 0.3 is 12.1 Å². The summed E-state index contributed by atoms with van der Waals surface area (Å²) in [4.78, 5) is 55.4. The lowest BCUT2D eigenvalue weighted by atomic mass is 9.98. The van der Waals surface area contributed by atoms with E-state index in [2.05, 4.69) is 11.9 Å². The van der Waals surface area contributed by atoms with Crippen molar-refractivity contribution >= 4 is 23.9 Å². The fraction of sp³-hybridized carbons (Fsp3) is 0.250. The maximum absolute atomic E-state index is 14.7. The number of hydrogen-bond donors (Lipinski definition) is 2. The molecular formula is C32H32F2N6O5. The standard InChI is InChI=1S/C32H32F2N6O5/c1-2-14-38-20-29(41)39-27(15-21-8-12-25(13-9-21)45-31(35)43)30(42)37(18-23-10-11-24(33)16-26(23)34)19-28(39)40(38)32(44)36-17-22-6-4-3-5-7-22/h2-13,16,27-28H,1,14-15,17-20H2,(H2,35,43)(H,36,44)/t27-,28-/m0/s1. The highest BCUT2D eigenvalue weighted by molar-refractivity contribution is 5.91. The predicted molar refractivity (Wildman–Crippen MR) is 159 cm³/mol. The molecule has 13 heteroatoms. The number of piperazine rings is 1. The Balaban J connectivity index is 1.49. The molecule has 45 heavy (non-hydrogen) atoms. The van der Waals surface area contributed by atoms with E-state index >= 15 is 0 Å². The number of amides is 5. The Morgan fingerprint density at radius 3 is 2.42 bits per heavy atom. The molecule has 11 nitrogen and oxygen atoms in total. The summed E-state index contributed by atoms with van der Waals surface area (Å²) in [5.41, 5.74) is 6.66. The van der Waals surface area contributed by atoms with Gasteiger partial charge in [-0.1, -0.05) is 54.6 Å². The number of halogens is 2. The quantitative estimate of drug-likeness (QED) is 0.355. The number of rotatable bonds is 9. The topological polar surface area (TPSA) is 129 Å². The molecule has 0 radical (unpaired) electrons. The molecule has 2 aliphatic rings. The van der Waals surface area contributed by atoms with Gasteiger partial charge in [0.1, 0.15) is 29.6 Å². The Labute approximate surface area is 258 Å². The van der Waals surface area contributed by atoms with Gasteiger partial charge in [0.25, 0.3) is 0 Å². The van der Waals surface area contributed by atoms with Crippen molar-refractivity contribution in [2.24, 2.45) is 5.73 Å². The molecule has 3 N–H and O–H groups in total. The molecule has 0 bridgehead atoms. The zero-order chi connectivity index (χ0) is 32.1. The van der Waals surface area contributed by atoms with E-state index in [-0.39, 0.29) is 56.4 Å². The molecule has 0 aliphatic carbocycles. The Morgan fingerprint density at radius 1 is 1.02 bits per heavy atom. The second-order valence-electron chi connectivity index (χ2n) is 10.6. The Hall–Kier alpha value is -5.30. The maximum atomic E-state index is 14.7. The van der Waals surface area contributed by atoms with Crippen molar-refractivity contribution in [2.75, 3.05) is 19.6 Å². The Kier molecular flexibility index (Phi) is 9.38. The number of hydrogen-bond acceptors (Lipinski definition) is 6. The molecule has 2 atom stereocenters. The van der Waals surface area contributed by atoms with Crippen molar-refractivity contribution in [3.63, 3.8) is 0 Å².